The van der Waals surface area contributed by atoms with Crippen LogP contribution in [0.2, 0.25) is 0 Å². The lowest BCUT2D eigenvalue weighted by Crippen LogP contribution is -2.26. The maximum Gasteiger partial charge on any atom is -0.0175 e. The minimum atomic E-state index is 0.931. The van der Waals surface area contributed by atoms with Crippen LogP contribution in [0, 0.1) is 23.7 Å². The van der Waals surface area contributed by atoms with Gasteiger partial charge in [0.05, 0.1) is 0 Å². The van der Waals surface area contributed by atoms with E-state index in [0.717, 1.165) is 23.7 Å². The van der Waals surface area contributed by atoms with Crippen LogP contribution in [0.5, 0.6) is 0 Å². The molecular weight excluding hydrogens is 192 g/mol. The number of hydrogen-bond donors (Lipinski definition) is 0. The van der Waals surface area contributed by atoms with Crippen molar-refractivity contribution in [3.8, 4) is 0 Å². The fourth-order valence-corrected chi connectivity index (χ4v) is 4.86. The highest BCUT2D eigenvalue weighted by molar-refractivity contribution is 5.14. The van der Waals surface area contributed by atoms with Gasteiger partial charge < -0.3 is 0 Å². The molecule has 0 bridgehead atoms. The summed E-state index contributed by atoms with van der Waals surface area (Å²) in [7, 11) is 0. The molecule has 3 atom stereocenters. The Morgan fingerprint density at radius 3 is 2.25 bits per heavy atom. The van der Waals surface area contributed by atoms with Crippen LogP contribution in [-0.2, 0) is 0 Å². The Kier molecular flexibility index (Phi) is 3.09. The summed E-state index contributed by atoms with van der Waals surface area (Å²) in [4.78, 5) is 0. The van der Waals surface area contributed by atoms with Gasteiger partial charge in [0.15, 0.2) is 0 Å². The highest BCUT2D eigenvalue weighted by atomic mass is 14.5. The second-order valence-corrected chi connectivity index (χ2v) is 6.48. The van der Waals surface area contributed by atoms with Gasteiger partial charge in [0, 0.05) is 0 Å². The van der Waals surface area contributed by atoms with Crippen LogP contribution in [0.1, 0.15) is 64.2 Å². The summed E-state index contributed by atoms with van der Waals surface area (Å²) < 4.78 is 0. The SMILES string of the molecule is C=C1CC(C2CCCCC2)C2CCCCC12. The highest BCUT2D eigenvalue weighted by Crippen LogP contribution is 2.53. The average Bonchev–Trinajstić information content (AvgIpc) is 2.69. The molecular formula is C16H26. The first kappa shape index (κ1) is 10.9. The molecule has 90 valence electrons. The van der Waals surface area contributed by atoms with Crippen LogP contribution in [0.25, 0.3) is 0 Å². The molecule has 0 aromatic rings. The van der Waals surface area contributed by atoms with Crippen molar-refractivity contribution < 1.29 is 0 Å². The van der Waals surface area contributed by atoms with Crippen molar-refractivity contribution in [1.29, 1.82) is 0 Å². The summed E-state index contributed by atoms with van der Waals surface area (Å²) >= 11 is 0. The fourth-order valence-electron chi connectivity index (χ4n) is 4.86. The second-order valence-electron chi connectivity index (χ2n) is 6.48. The molecule has 0 spiro atoms. The van der Waals surface area contributed by atoms with Crippen LogP contribution < -0.4 is 0 Å². The Bertz CT molecular complexity index is 259. The van der Waals surface area contributed by atoms with Crippen molar-refractivity contribution in [2.45, 2.75) is 64.2 Å². The Balaban J connectivity index is 1.72. The molecule has 3 aliphatic rings. The maximum atomic E-state index is 4.38. The van der Waals surface area contributed by atoms with E-state index in [1.54, 1.807) is 5.57 Å². The molecule has 0 radical (unpaired) electrons. The number of hydrogen-bond acceptors (Lipinski definition) is 0. The fraction of sp³-hybridized carbons (Fsp3) is 0.875. The monoisotopic (exact) mass is 218 g/mol. The van der Waals surface area contributed by atoms with E-state index in [1.807, 2.05) is 0 Å². The number of rotatable bonds is 1. The first-order valence-corrected chi connectivity index (χ1v) is 7.54. The molecule has 0 heterocycles. The van der Waals surface area contributed by atoms with E-state index in [1.165, 1.54) is 64.2 Å². The van der Waals surface area contributed by atoms with Gasteiger partial charge >= 0.3 is 0 Å². The Morgan fingerprint density at radius 2 is 1.44 bits per heavy atom. The zero-order valence-corrected chi connectivity index (χ0v) is 10.6. The van der Waals surface area contributed by atoms with Gasteiger partial charge in [-0.1, -0.05) is 57.1 Å². The summed E-state index contributed by atoms with van der Waals surface area (Å²) in [6.07, 6.45) is 14.9. The second kappa shape index (κ2) is 4.55. The van der Waals surface area contributed by atoms with E-state index >= 15 is 0 Å². The van der Waals surface area contributed by atoms with Crippen LogP contribution >= 0.6 is 0 Å². The van der Waals surface area contributed by atoms with E-state index in [2.05, 4.69) is 6.58 Å². The lowest BCUT2D eigenvalue weighted by Gasteiger charge is -2.35. The predicted molar refractivity (Wildman–Crippen MR) is 69.3 cm³/mol. The standard InChI is InChI=1S/C16H26/c1-12-11-16(13-7-3-2-4-8-13)15-10-6-5-9-14(12)15/h13-16H,1-11H2. The zero-order valence-electron chi connectivity index (χ0n) is 10.6. The number of fused-ring (bicyclic) bond motifs is 1. The molecule has 0 heteroatoms. The largest absolute Gasteiger partial charge is 0.0996 e. The normalized spacial score (nSPS) is 41.0. The van der Waals surface area contributed by atoms with E-state index < -0.39 is 0 Å². The smallest absolute Gasteiger partial charge is 0.0175 e. The topological polar surface area (TPSA) is 0 Å². The van der Waals surface area contributed by atoms with E-state index in [0.29, 0.717) is 0 Å². The molecule has 0 nitrogen and oxygen atoms in total. The lowest BCUT2D eigenvalue weighted by molar-refractivity contribution is 0.152. The molecule has 16 heavy (non-hydrogen) atoms. The molecule has 0 aliphatic heterocycles. The van der Waals surface area contributed by atoms with Gasteiger partial charge in [-0.05, 0) is 42.9 Å². The quantitative estimate of drug-likeness (QED) is 0.546. The van der Waals surface area contributed by atoms with Crippen molar-refractivity contribution in [3.63, 3.8) is 0 Å². The van der Waals surface area contributed by atoms with Crippen molar-refractivity contribution in [3.05, 3.63) is 12.2 Å². The molecule has 3 fully saturated rings. The minimum absolute atomic E-state index is 0.931. The summed E-state index contributed by atoms with van der Waals surface area (Å²) in [5, 5.41) is 0. The van der Waals surface area contributed by atoms with Gasteiger partial charge in [0.25, 0.3) is 0 Å². The van der Waals surface area contributed by atoms with Crippen molar-refractivity contribution in [2.75, 3.05) is 0 Å². The van der Waals surface area contributed by atoms with Crippen molar-refractivity contribution in [2.24, 2.45) is 23.7 Å². The molecule has 0 saturated heterocycles. The molecule has 0 aromatic carbocycles. The average molecular weight is 218 g/mol. The maximum absolute atomic E-state index is 4.38. The van der Waals surface area contributed by atoms with Gasteiger partial charge in [0.1, 0.15) is 0 Å². The Morgan fingerprint density at radius 1 is 0.750 bits per heavy atom. The third-order valence-corrected chi connectivity index (χ3v) is 5.65. The summed E-state index contributed by atoms with van der Waals surface area (Å²) in [5.74, 6) is 4.08. The molecule has 0 amide bonds. The van der Waals surface area contributed by atoms with Crippen LogP contribution in [0.4, 0.5) is 0 Å². The van der Waals surface area contributed by atoms with Gasteiger partial charge in [0.2, 0.25) is 0 Å². The molecule has 3 aliphatic carbocycles. The molecule has 3 rings (SSSR count). The first-order valence-electron chi connectivity index (χ1n) is 7.54. The molecule has 3 saturated carbocycles. The molecule has 3 unspecified atom stereocenters. The Hall–Kier alpha value is -0.260. The lowest BCUT2D eigenvalue weighted by atomic mass is 9.70. The number of allylic oxidation sites excluding steroid dienone is 1. The third-order valence-electron chi connectivity index (χ3n) is 5.65. The summed E-state index contributed by atoms with van der Waals surface area (Å²) in [6.45, 7) is 4.38. The van der Waals surface area contributed by atoms with Gasteiger partial charge in [-0.2, -0.15) is 0 Å². The van der Waals surface area contributed by atoms with Gasteiger partial charge in [-0.15, -0.1) is 0 Å². The molecule has 0 aromatic heterocycles. The third kappa shape index (κ3) is 1.85. The first-order chi connectivity index (χ1) is 7.86. The van der Waals surface area contributed by atoms with E-state index in [-0.39, 0.29) is 0 Å². The van der Waals surface area contributed by atoms with E-state index in [4.69, 9.17) is 0 Å². The minimum Gasteiger partial charge on any atom is -0.0996 e. The van der Waals surface area contributed by atoms with Gasteiger partial charge in [-0.3, -0.25) is 0 Å². The van der Waals surface area contributed by atoms with Crippen LogP contribution in [0.15, 0.2) is 12.2 Å². The van der Waals surface area contributed by atoms with Crippen LogP contribution in [0.3, 0.4) is 0 Å². The molecule has 0 N–H and O–H groups in total. The predicted octanol–water partition coefficient (Wildman–Crippen LogP) is 4.95. The summed E-state index contributed by atoms with van der Waals surface area (Å²) in [5.41, 5.74) is 1.63. The van der Waals surface area contributed by atoms with Crippen LogP contribution in [-0.4, -0.2) is 0 Å². The van der Waals surface area contributed by atoms with Crippen molar-refractivity contribution >= 4 is 0 Å². The highest BCUT2D eigenvalue weighted by Gasteiger charge is 2.42. The van der Waals surface area contributed by atoms with Crippen molar-refractivity contribution in [1.82, 2.24) is 0 Å². The summed E-state index contributed by atoms with van der Waals surface area (Å²) in [6, 6.07) is 0. The van der Waals surface area contributed by atoms with Gasteiger partial charge in [-0.25, -0.2) is 0 Å². The van der Waals surface area contributed by atoms with E-state index in [9.17, 15) is 0 Å². The Labute approximate surface area is 101 Å². The zero-order chi connectivity index (χ0) is 11.0.